The Morgan fingerprint density at radius 2 is 1.86 bits per heavy atom. The maximum Gasteiger partial charge on any atom is 0.261 e. The van der Waals surface area contributed by atoms with E-state index >= 15 is 0 Å². The molecule has 0 unspecified atom stereocenters. The number of fused-ring (bicyclic) bond motifs is 1. The lowest BCUT2D eigenvalue weighted by molar-refractivity contribution is -0.116. The van der Waals surface area contributed by atoms with E-state index in [0.717, 1.165) is 11.6 Å². The van der Waals surface area contributed by atoms with Crippen LogP contribution in [-0.4, -0.2) is 40.6 Å². The highest BCUT2D eigenvalue weighted by Gasteiger charge is 2.21. The molecule has 2 aromatic carbocycles. The molecule has 0 aromatic heterocycles. The number of carbonyl (C=O) groups excluding carboxylic acids is 1. The molecular weight excluding hydrogens is 385 g/mol. The normalized spacial score (nSPS) is 17.0. The van der Waals surface area contributed by atoms with E-state index in [1.165, 1.54) is 12.1 Å². The highest BCUT2D eigenvalue weighted by atomic mass is 32.2. The molecule has 0 radical (unpaired) electrons. The quantitative estimate of drug-likeness (QED) is 0.815. The van der Waals surface area contributed by atoms with Gasteiger partial charge < -0.3 is 15.0 Å². The third kappa shape index (κ3) is 3.95. The molecule has 9 heteroatoms. The van der Waals surface area contributed by atoms with Crippen LogP contribution in [0.5, 0.6) is 0 Å². The lowest BCUT2D eigenvalue weighted by Crippen LogP contribution is -2.36. The number of morpholine rings is 1. The zero-order valence-electron chi connectivity index (χ0n) is 15.1. The Kier molecular flexibility index (Phi) is 4.94. The van der Waals surface area contributed by atoms with Crippen molar-refractivity contribution in [1.82, 2.24) is 0 Å². The minimum atomic E-state index is -3.90. The number of nitrogens with one attached hydrogen (secondary N) is 2. The smallest absolute Gasteiger partial charge is 0.261 e. The van der Waals surface area contributed by atoms with Crippen LogP contribution in [0.3, 0.4) is 0 Å². The second kappa shape index (κ2) is 7.40. The largest absolute Gasteiger partial charge is 0.378 e. The second-order valence-electron chi connectivity index (χ2n) is 6.77. The van der Waals surface area contributed by atoms with Crippen LogP contribution in [0.25, 0.3) is 0 Å². The highest BCUT2D eigenvalue weighted by molar-refractivity contribution is 7.92. The minimum absolute atomic E-state index is 0.0691. The van der Waals surface area contributed by atoms with Gasteiger partial charge >= 0.3 is 0 Å². The molecule has 0 saturated carbocycles. The summed E-state index contributed by atoms with van der Waals surface area (Å²) in [4.78, 5) is 13.5. The van der Waals surface area contributed by atoms with Crippen LogP contribution in [0, 0.1) is 5.82 Å². The van der Waals surface area contributed by atoms with Crippen molar-refractivity contribution in [3.8, 4) is 0 Å². The number of amides is 1. The fourth-order valence-electron chi connectivity index (χ4n) is 3.38. The van der Waals surface area contributed by atoms with E-state index in [4.69, 9.17) is 4.74 Å². The minimum Gasteiger partial charge on any atom is -0.378 e. The van der Waals surface area contributed by atoms with Crippen molar-refractivity contribution < 1.29 is 22.3 Å². The van der Waals surface area contributed by atoms with Crippen molar-refractivity contribution in [2.24, 2.45) is 0 Å². The molecule has 0 aliphatic carbocycles. The van der Waals surface area contributed by atoms with Gasteiger partial charge in [0.2, 0.25) is 5.91 Å². The maximum atomic E-state index is 14.1. The third-order valence-corrected chi connectivity index (χ3v) is 6.17. The summed E-state index contributed by atoms with van der Waals surface area (Å²) in [6.45, 7) is 2.32. The second-order valence-corrected chi connectivity index (χ2v) is 8.45. The van der Waals surface area contributed by atoms with Crippen LogP contribution in [-0.2, 0) is 26.0 Å². The number of ether oxygens (including phenoxy) is 1. The van der Waals surface area contributed by atoms with Crippen molar-refractivity contribution in [2.75, 3.05) is 41.2 Å². The van der Waals surface area contributed by atoms with Gasteiger partial charge in [0.05, 0.1) is 23.8 Å². The summed E-state index contributed by atoms with van der Waals surface area (Å²) in [5, 5.41) is 2.72. The van der Waals surface area contributed by atoms with E-state index in [0.29, 0.717) is 50.5 Å². The molecular formula is C19H20FN3O4S. The van der Waals surface area contributed by atoms with E-state index in [1.54, 1.807) is 18.2 Å². The first-order valence-electron chi connectivity index (χ1n) is 9.00. The average Bonchev–Trinajstić information content (AvgIpc) is 2.67. The molecule has 2 aliphatic rings. The van der Waals surface area contributed by atoms with Gasteiger partial charge in [0.1, 0.15) is 5.82 Å². The molecule has 4 rings (SSSR count). The summed E-state index contributed by atoms with van der Waals surface area (Å²) in [5.41, 5.74) is 2.15. The van der Waals surface area contributed by atoms with Crippen LogP contribution in [0.15, 0.2) is 41.3 Å². The Morgan fingerprint density at radius 3 is 2.64 bits per heavy atom. The molecule has 2 aliphatic heterocycles. The number of aryl methyl sites for hydroxylation is 1. The zero-order valence-corrected chi connectivity index (χ0v) is 15.9. The Hall–Kier alpha value is -2.65. The lowest BCUT2D eigenvalue weighted by Gasteiger charge is -2.29. The van der Waals surface area contributed by atoms with E-state index in [9.17, 15) is 17.6 Å². The molecule has 2 heterocycles. The lowest BCUT2D eigenvalue weighted by atomic mass is 10.0. The van der Waals surface area contributed by atoms with Crippen LogP contribution in [0.1, 0.15) is 12.0 Å². The first-order valence-corrected chi connectivity index (χ1v) is 10.5. The number of carbonyl (C=O) groups is 1. The predicted octanol–water partition coefficient (Wildman–Crippen LogP) is 2.35. The van der Waals surface area contributed by atoms with Gasteiger partial charge in [-0.2, -0.15) is 0 Å². The van der Waals surface area contributed by atoms with Crippen LogP contribution >= 0.6 is 0 Å². The molecule has 0 bridgehead atoms. The van der Waals surface area contributed by atoms with Gasteiger partial charge in [-0.05, 0) is 48.4 Å². The summed E-state index contributed by atoms with van der Waals surface area (Å²) >= 11 is 0. The number of hydrogen-bond acceptors (Lipinski definition) is 5. The SMILES string of the molecule is O=C1CCc2cc(S(=O)(=O)Nc3cc(F)cc(N4CCOCC4)c3)ccc2N1. The van der Waals surface area contributed by atoms with Crippen molar-refractivity contribution in [3.05, 3.63) is 47.8 Å². The van der Waals surface area contributed by atoms with E-state index in [2.05, 4.69) is 10.0 Å². The Labute approximate surface area is 162 Å². The molecule has 1 amide bonds. The van der Waals surface area contributed by atoms with Crippen LogP contribution < -0.4 is 14.9 Å². The highest BCUT2D eigenvalue weighted by Crippen LogP contribution is 2.28. The Morgan fingerprint density at radius 1 is 1.07 bits per heavy atom. The maximum absolute atomic E-state index is 14.1. The topological polar surface area (TPSA) is 87.7 Å². The van der Waals surface area contributed by atoms with E-state index in [1.807, 2.05) is 4.90 Å². The van der Waals surface area contributed by atoms with E-state index < -0.39 is 15.8 Å². The number of halogens is 1. The molecule has 148 valence electrons. The van der Waals surface area contributed by atoms with Gasteiger partial charge in [0, 0.05) is 30.9 Å². The summed E-state index contributed by atoms with van der Waals surface area (Å²) in [5.74, 6) is -0.605. The number of nitrogens with zero attached hydrogens (tertiary/aromatic N) is 1. The Bertz CT molecular complexity index is 1020. The van der Waals surface area contributed by atoms with Gasteiger partial charge in [-0.25, -0.2) is 12.8 Å². The average molecular weight is 405 g/mol. The molecule has 1 fully saturated rings. The van der Waals surface area contributed by atoms with Gasteiger partial charge in [-0.15, -0.1) is 0 Å². The number of hydrogen-bond donors (Lipinski definition) is 2. The third-order valence-electron chi connectivity index (χ3n) is 4.79. The van der Waals surface area contributed by atoms with Crippen molar-refractivity contribution in [3.63, 3.8) is 0 Å². The van der Waals surface area contributed by atoms with Crippen LogP contribution in [0.4, 0.5) is 21.5 Å². The van der Waals surface area contributed by atoms with Gasteiger partial charge in [0.15, 0.2) is 0 Å². The fourth-order valence-corrected chi connectivity index (χ4v) is 4.47. The molecule has 7 nitrogen and oxygen atoms in total. The number of benzene rings is 2. The predicted molar refractivity (Wildman–Crippen MR) is 104 cm³/mol. The first kappa shape index (κ1) is 18.7. The Balaban J connectivity index is 1.59. The van der Waals surface area contributed by atoms with E-state index in [-0.39, 0.29) is 16.5 Å². The molecule has 0 atom stereocenters. The zero-order chi connectivity index (χ0) is 19.7. The monoisotopic (exact) mass is 405 g/mol. The summed E-state index contributed by atoms with van der Waals surface area (Å²) in [6.07, 6.45) is 0.794. The summed E-state index contributed by atoms with van der Waals surface area (Å²) in [7, 11) is -3.90. The number of anilines is 3. The number of sulfonamides is 1. The number of rotatable bonds is 4. The molecule has 28 heavy (non-hydrogen) atoms. The standard InChI is InChI=1S/C19H20FN3O4S/c20-14-10-15(12-16(11-14)23-5-7-27-8-6-23)22-28(25,26)17-2-3-18-13(9-17)1-4-19(24)21-18/h2-3,9-12,22H,1,4-8H2,(H,21,24). The van der Waals surface area contributed by atoms with Crippen molar-refractivity contribution in [2.45, 2.75) is 17.7 Å². The fraction of sp³-hybridized carbons (Fsp3) is 0.316. The van der Waals surface area contributed by atoms with Crippen molar-refractivity contribution >= 4 is 33.0 Å². The first-order chi connectivity index (χ1) is 13.4. The van der Waals surface area contributed by atoms with Gasteiger partial charge in [0.25, 0.3) is 10.0 Å². The van der Waals surface area contributed by atoms with Crippen LogP contribution in [0.2, 0.25) is 0 Å². The molecule has 0 spiro atoms. The summed E-state index contributed by atoms with van der Waals surface area (Å²) in [6, 6.07) is 8.69. The molecule has 2 N–H and O–H groups in total. The van der Waals surface area contributed by atoms with Gasteiger partial charge in [-0.3, -0.25) is 9.52 Å². The molecule has 2 aromatic rings. The molecule has 1 saturated heterocycles. The van der Waals surface area contributed by atoms with Crippen molar-refractivity contribution in [1.29, 1.82) is 0 Å². The van der Waals surface area contributed by atoms with Gasteiger partial charge in [-0.1, -0.05) is 0 Å². The summed E-state index contributed by atoms with van der Waals surface area (Å²) < 4.78 is 47.4.